The highest BCUT2D eigenvalue weighted by molar-refractivity contribution is 9.10. The Balaban J connectivity index is 1.79. The Morgan fingerprint density at radius 3 is 2.63 bits per heavy atom. The minimum atomic E-state index is -0.369. The van der Waals surface area contributed by atoms with E-state index >= 15 is 0 Å². The molecule has 0 N–H and O–H groups in total. The van der Waals surface area contributed by atoms with Gasteiger partial charge in [0.25, 0.3) is 5.91 Å². The Bertz CT molecular complexity index is 1170. The quantitative estimate of drug-likeness (QED) is 0.163. The summed E-state index contributed by atoms with van der Waals surface area (Å²) in [7, 11) is 0. The zero-order valence-electron chi connectivity index (χ0n) is 18.9. The molecule has 186 valence electrons. The van der Waals surface area contributed by atoms with Crippen LogP contribution in [0, 0.1) is 0 Å². The number of ether oxygens (including phenoxy) is 3. The summed E-state index contributed by atoms with van der Waals surface area (Å²) in [4.78, 5) is 26.4. The monoisotopic (exact) mass is 617 g/mol. The molecule has 3 rings (SSSR count). The van der Waals surface area contributed by atoms with Crippen molar-refractivity contribution in [3.05, 3.63) is 60.9 Å². The maximum absolute atomic E-state index is 12.9. The Morgan fingerprint density at radius 2 is 1.94 bits per heavy atom. The van der Waals surface area contributed by atoms with E-state index in [1.807, 2.05) is 13.0 Å². The van der Waals surface area contributed by atoms with Gasteiger partial charge in [0.05, 0.1) is 29.0 Å². The lowest BCUT2D eigenvalue weighted by Crippen LogP contribution is -2.30. The van der Waals surface area contributed by atoms with E-state index < -0.39 is 0 Å². The molecule has 1 fully saturated rings. The third kappa shape index (κ3) is 7.36. The summed E-state index contributed by atoms with van der Waals surface area (Å²) < 4.78 is 17.8. The number of benzene rings is 2. The number of carbonyl (C=O) groups excluding carboxylic acids is 2. The summed E-state index contributed by atoms with van der Waals surface area (Å²) in [5.74, 6) is 0.399. The summed E-state index contributed by atoms with van der Waals surface area (Å²) in [5, 5.41) is 1.05. The molecule has 11 heteroatoms. The van der Waals surface area contributed by atoms with Crippen LogP contribution in [-0.4, -0.2) is 40.9 Å². The fourth-order valence-electron chi connectivity index (χ4n) is 3.14. The molecular weight excluding hydrogens is 597 g/mol. The Hall–Kier alpha value is -1.78. The van der Waals surface area contributed by atoms with Crippen LogP contribution in [0.2, 0.25) is 10.0 Å². The molecule has 2 aromatic rings. The van der Waals surface area contributed by atoms with E-state index in [0.717, 1.165) is 11.1 Å². The van der Waals surface area contributed by atoms with Crippen molar-refractivity contribution in [3.8, 4) is 11.5 Å². The van der Waals surface area contributed by atoms with Gasteiger partial charge in [-0.25, -0.2) is 0 Å². The number of nitrogens with zero attached hydrogens (tertiary/aromatic N) is 1. The smallest absolute Gasteiger partial charge is 0.307 e. The Labute approximate surface area is 232 Å². The SMILES string of the molecule is CCOC(=O)CCN1C(=O)/C(=C/c2cc(Br)c(OCc3ccc(Cl)cc3Cl)c(OCC)c2)SC1=S. The van der Waals surface area contributed by atoms with Crippen LogP contribution in [-0.2, 0) is 20.9 Å². The van der Waals surface area contributed by atoms with Crippen molar-refractivity contribution in [1.82, 2.24) is 4.90 Å². The van der Waals surface area contributed by atoms with Crippen LogP contribution >= 0.6 is 63.1 Å². The maximum Gasteiger partial charge on any atom is 0.307 e. The molecular formula is C24H22BrCl2NO5S2. The molecule has 0 aliphatic carbocycles. The number of hydrogen-bond acceptors (Lipinski definition) is 7. The molecule has 2 aromatic carbocycles. The fourth-order valence-corrected chi connectivity index (χ4v) is 5.49. The van der Waals surface area contributed by atoms with Gasteiger partial charge in [0.15, 0.2) is 11.5 Å². The molecule has 35 heavy (non-hydrogen) atoms. The molecule has 0 unspecified atom stereocenters. The van der Waals surface area contributed by atoms with E-state index in [1.54, 1.807) is 37.3 Å². The van der Waals surface area contributed by atoms with E-state index in [0.29, 0.717) is 48.5 Å². The second-order valence-corrected chi connectivity index (χ2v) is 10.5. The van der Waals surface area contributed by atoms with Gasteiger partial charge in [0, 0.05) is 22.2 Å². The predicted octanol–water partition coefficient (Wildman–Crippen LogP) is 6.89. The first-order chi connectivity index (χ1) is 16.7. The van der Waals surface area contributed by atoms with Gasteiger partial charge in [-0.05, 0) is 65.7 Å². The highest BCUT2D eigenvalue weighted by Crippen LogP contribution is 2.40. The predicted molar refractivity (Wildman–Crippen MR) is 147 cm³/mol. The van der Waals surface area contributed by atoms with Crippen LogP contribution in [0.4, 0.5) is 0 Å². The first-order valence-electron chi connectivity index (χ1n) is 10.7. The third-order valence-electron chi connectivity index (χ3n) is 4.74. The van der Waals surface area contributed by atoms with Crippen molar-refractivity contribution in [1.29, 1.82) is 0 Å². The van der Waals surface area contributed by atoms with Crippen molar-refractivity contribution in [2.45, 2.75) is 26.9 Å². The average molecular weight is 619 g/mol. The van der Waals surface area contributed by atoms with Crippen molar-refractivity contribution in [2.24, 2.45) is 0 Å². The largest absolute Gasteiger partial charge is 0.490 e. The Morgan fingerprint density at radius 1 is 1.17 bits per heavy atom. The molecule has 0 spiro atoms. The number of thioether (sulfide) groups is 1. The van der Waals surface area contributed by atoms with Crippen LogP contribution in [0.1, 0.15) is 31.4 Å². The number of thiocarbonyl (C=S) groups is 1. The van der Waals surface area contributed by atoms with Crippen molar-refractivity contribution >= 4 is 85.4 Å². The van der Waals surface area contributed by atoms with Crippen molar-refractivity contribution < 1.29 is 23.8 Å². The van der Waals surface area contributed by atoms with Crippen LogP contribution in [0.3, 0.4) is 0 Å². The fraction of sp³-hybridized carbons (Fsp3) is 0.292. The number of esters is 1. The Kier molecular flexibility index (Phi) is 10.3. The maximum atomic E-state index is 12.9. The average Bonchev–Trinajstić information content (AvgIpc) is 3.05. The molecule has 0 radical (unpaired) electrons. The van der Waals surface area contributed by atoms with Gasteiger partial charge in [-0.2, -0.15) is 0 Å². The van der Waals surface area contributed by atoms with Crippen LogP contribution in [0.25, 0.3) is 6.08 Å². The van der Waals surface area contributed by atoms with Gasteiger partial charge >= 0.3 is 5.97 Å². The number of amides is 1. The van der Waals surface area contributed by atoms with E-state index in [9.17, 15) is 9.59 Å². The van der Waals surface area contributed by atoms with Gasteiger partial charge in [-0.3, -0.25) is 14.5 Å². The second-order valence-electron chi connectivity index (χ2n) is 7.18. The van der Waals surface area contributed by atoms with Crippen LogP contribution in [0.5, 0.6) is 11.5 Å². The third-order valence-corrected chi connectivity index (χ3v) is 7.29. The lowest BCUT2D eigenvalue weighted by molar-refractivity contribution is -0.143. The lowest BCUT2D eigenvalue weighted by Gasteiger charge is -2.15. The topological polar surface area (TPSA) is 65.1 Å². The number of halogens is 3. The molecule has 0 aromatic heterocycles. The zero-order chi connectivity index (χ0) is 25.5. The molecule has 1 heterocycles. The van der Waals surface area contributed by atoms with Gasteiger partial charge in [0.2, 0.25) is 0 Å². The minimum Gasteiger partial charge on any atom is -0.490 e. The molecule has 1 aliphatic heterocycles. The molecule has 6 nitrogen and oxygen atoms in total. The molecule has 1 saturated heterocycles. The number of rotatable bonds is 10. The van der Waals surface area contributed by atoms with Gasteiger partial charge in [0.1, 0.15) is 10.9 Å². The standard InChI is InChI=1S/C24H22BrCl2NO5S2/c1-3-31-19-10-14(9-17(25)22(19)33-13-15-5-6-16(26)12-18(15)27)11-20-23(30)28(24(34)35-20)8-7-21(29)32-4-2/h5-6,9-12H,3-4,7-8,13H2,1-2H3/b20-11-. The lowest BCUT2D eigenvalue weighted by atomic mass is 10.1. The van der Waals surface area contributed by atoms with Crippen molar-refractivity contribution in [3.63, 3.8) is 0 Å². The van der Waals surface area contributed by atoms with E-state index in [1.165, 1.54) is 16.7 Å². The molecule has 0 saturated carbocycles. The minimum absolute atomic E-state index is 0.0806. The summed E-state index contributed by atoms with van der Waals surface area (Å²) >= 11 is 22.3. The van der Waals surface area contributed by atoms with Gasteiger partial charge < -0.3 is 14.2 Å². The van der Waals surface area contributed by atoms with Gasteiger partial charge in [-0.15, -0.1) is 0 Å². The first-order valence-corrected chi connectivity index (χ1v) is 13.4. The number of carbonyl (C=O) groups is 2. The molecule has 1 amide bonds. The van der Waals surface area contributed by atoms with Crippen molar-refractivity contribution in [2.75, 3.05) is 19.8 Å². The second kappa shape index (κ2) is 13.0. The van der Waals surface area contributed by atoms with E-state index in [2.05, 4.69) is 15.9 Å². The first kappa shape index (κ1) is 27.8. The molecule has 1 aliphatic rings. The summed E-state index contributed by atoms with van der Waals surface area (Å²) in [6.45, 7) is 4.71. The van der Waals surface area contributed by atoms with E-state index in [-0.39, 0.29) is 31.4 Å². The van der Waals surface area contributed by atoms with Crippen LogP contribution in [0.15, 0.2) is 39.7 Å². The molecule has 0 bridgehead atoms. The number of hydrogen-bond donors (Lipinski definition) is 0. The van der Waals surface area contributed by atoms with Crippen LogP contribution < -0.4 is 9.47 Å². The summed E-state index contributed by atoms with van der Waals surface area (Å²) in [5.41, 5.74) is 1.50. The van der Waals surface area contributed by atoms with Gasteiger partial charge in [-0.1, -0.05) is 53.2 Å². The summed E-state index contributed by atoms with van der Waals surface area (Å²) in [6, 6.07) is 8.82. The summed E-state index contributed by atoms with van der Waals surface area (Å²) in [6.07, 6.45) is 1.81. The normalized spacial score (nSPS) is 14.5. The highest BCUT2D eigenvalue weighted by atomic mass is 79.9. The van der Waals surface area contributed by atoms with E-state index in [4.69, 9.17) is 49.6 Å². The zero-order valence-corrected chi connectivity index (χ0v) is 23.7. The molecule has 0 atom stereocenters. The highest BCUT2D eigenvalue weighted by Gasteiger charge is 2.32.